The van der Waals surface area contributed by atoms with Crippen molar-refractivity contribution in [3.8, 4) is 5.75 Å². The second-order valence-corrected chi connectivity index (χ2v) is 6.05. The lowest BCUT2D eigenvalue weighted by Crippen LogP contribution is -2.19. The number of pyridine rings is 1. The topological polar surface area (TPSA) is 61.9 Å². The van der Waals surface area contributed by atoms with Crippen molar-refractivity contribution in [2.24, 2.45) is 7.05 Å². The SMILES string of the molecule is Cc1nc2n(n1)C(Oc1ccccc1)=C(c1ccc(=O)n(C)c1)CC2. The maximum Gasteiger partial charge on any atom is 0.250 e. The van der Waals surface area contributed by atoms with Gasteiger partial charge in [-0.1, -0.05) is 18.2 Å². The highest BCUT2D eigenvalue weighted by atomic mass is 16.5. The van der Waals surface area contributed by atoms with Gasteiger partial charge in [0.15, 0.2) is 0 Å². The minimum atomic E-state index is -0.0389. The summed E-state index contributed by atoms with van der Waals surface area (Å²) in [4.78, 5) is 16.2. The van der Waals surface area contributed by atoms with Gasteiger partial charge in [-0.3, -0.25) is 4.79 Å². The first-order valence-corrected chi connectivity index (χ1v) is 8.18. The van der Waals surface area contributed by atoms with Crippen molar-refractivity contribution in [2.45, 2.75) is 19.8 Å². The minimum absolute atomic E-state index is 0.0389. The average Bonchev–Trinajstić information content (AvgIpc) is 2.99. The van der Waals surface area contributed by atoms with Crippen molar-refractivity contribution in [3.05, 3.63) is 76.2 Å². The van der Waals surface area contributed by atoms with Crippen molar-refractivity contribution in [1.29, 1.82) is 0 Å². The van der Waals surface area contributed by atoms with E-state index in [1.54, 1.807) is 22.4 Å². The van der Waals surface area contributed by atoms with E-state index in [0.29, 0.717) is 11.7 Å². The summed E-state index contributed by atoms with van der Waals surface area (Å²) in [7, 11) is 1.75. The summed E-state index contributed by atoms with van der Waals surface area (Å²) in [5, 5.41) is 4.50. The number of nitrogens with zero attached hydrogens (tertiary/aromatic N) is 4. The Hall–Kier alpha value is -3.15. The van der Waals surface area contributed by atoms with E-state index in [0.717, 1.165) is 35.6 Å². The molecule has 4 rings (SSSR count). The fraction of sp³-hybridized carbons (Fsp3) is 0.211. The van der Waals surface area contributed by atoms with E-state index < -0.39 is 0 Å². The van der Waals surface area contributed by atoms with E-state index in [1.807, 2.05) is 49.5 Å². The van der Waals surface area contributed by atoms with E-state index >= 15 is 0 Å². The van der Waals surface area contributed by atoms with Crippen LogP contribution in [0.3, 0.4) is 0 Å². The monoisotopic (exact) mass is 334 g/mol. The fourth-order valence-corrected chi connectivity index (χ4v) is 3.00. The Morgan fingerprint density at radius 2 is 1.88 bits per heavy atom. The molecule has 0 radical (unpaired) electrons. The second kappa shape index (κ2) is 6.05. The molecule has 0 N–H and O–H groups in total. The lowest BCUT2D eigenvalue weighted by atomic mass is 10.0. The molecule has 1 aromatic carbocycles. The Balaban J connectivity index is 1.88. The van der Waals surface area contributed by atoms with Crippen LogP contribution in [0.1, 0.15) is 23.6 Å². The van der Waals surface area contributed by atoms with Crippen LogP contribution in [0.15, 0.2) is 53.5 Å². The van der Waals surface area contributed by atoms with Crippen LogP contribution in [0, 0.1) is 6.92 Å². The van der Waals surface area contributed by atoms with E-state index in [9.17, 15) is 4.79 Å². The minimum Gasteiger partial charge on any atom is -0.439 e. The highest BCUT2D eigenvalue weighted by Gasteiger charge is 2.25. The largest absolute Gasteiger partial charge is 0.439 e. The number of aromatic nitrogens is 4. The predicted octanol–water partition coefficient (Wildman–Crippen LogP) is 2.64. The van der Waals surface area contributed by atoms with E-state index in [4.69, 9.17) is 4.74 Å². The quantitative estimate of drug-likeness (QED) is 0.739. The first-order valence-electron chi connectivity index (χ1n) is 8.18. The first kappa shape index (κ1) is 15.4. The van der Waals surface area contributed by atoms with Crippen molar-refractivity contribution < 1.29 is 4.74 Å². The number of hydrogen-bond acceptors (Lipinski definition) is 4. The van der Waals surface area contributed by atoms with Gasteiger partial charge in [-0.15, -0.1) is 5.10 Å². The number of hydrogen-bond donors (Lipinski definition) is 0. The van der Waals surface area contributed by atoms with Crippen LogP contribution in [-0.2, 0) is 13.5 Å². The highest BCUT2D eigenvalue weighted by Crippen LogP contribution is 2.32. The molecule has 6 nitrogen and oxygen atoms in total. The third kappa shape index (κ3) is 2.87. The molecule has 3 aromatic rings. The van der Waals surface area contributed by atoms with Gasteiger partial charge in [0.25, 0.3) is 0 Å². The van der Waals surface area contributed by atoms with E-state index in [-0.39, 0.29) is 5.56 Å². The standard InChI is InChI=1S/C19H18N4O2/c1-13-20-17-10-9-16(14-8-11-18(24)22(2)12-14)19(23(17)21-13)25-15-6-4-3-5-7-15/h3-8,11-12H,9-10H2,1-2H3. The molecular weight excluding hydrogens is 316 g/mol. The van der Waals surface area contributed by atoms with Crippen LogP contribution in [0.5, 0.6) is 5.75 Å². The van der Waals surface area contributed by atoms with Gasteiger partial charge >= 0.3 is 0 Å². The second-order valence-electron chi connectivity index (χ2n) is 6.05. The molecule has 0 saturated carbocycles. The van der Waals surface area contributed by atoms with Crippen LogP contribution < -0.4 is 10.3 Å². The van der Waals surface area contributed by atoms with Crippen molar-refractivity contribution in [1.82, 2.24) is 19.3 Å². The molecule has 0 unspecified atom stereocenters. The molecule has 0 bridgehead atoms. The molecule has 1 aliphatic heterocycles. The molecule has 2 aromatic heterocycles. The molecule has 0 atom stereocenters. The predicted molar refractivity (Wildman–Crippen MR) is 94.9 cm³/mol. The Bertz CT molecular complexity index is 1020. The number of para-hydroxylation sites is 1. The Labute approximate surface area is 145 Å². The number of aryl methyl sites for hydroxylation is 3. The summed E-state index contributed by atoms with van der Waals surface area (Å²) in [6.45, 7) is 1.87. The zero-order valence-corrected chi connectivity index (χ0v) is 14.1. The Kier molecular flexibility index (Phi) is 3.72. The highest BCUT2D eigenvalue weighted by molar-refractivity contribution is 5.82. The van der Waals surface area contributed by atoms with Crippen LogP contribution in [0.4, 0.5) is 0 Å². The summed E-state index contributed by atoms with van der Waals surface area (Å²) < 4.78 is 9.53. The number of fused-ring (bicyclic) bond motifs is 1. The van der Waals surface area contributed by atoms with Gasteiger partial charge in [0.05, 0.1) is 0 Å². The lowest BCUT2D eigenvalue weighted by molar-refractivity contribution is 0.454. The van der Waals surface area contributed by atoms with Gasteiger partial charge in [-0.25, -0.2) is 4.98 Å². The summed E-state index contributed by atoms with van der Waals surface area (Å²) in [6, 6.07) is 13.0. The van der Waals surface area contributed by atoms with E-state index in [1.165, 1.54) is 0 Å². The average molecular weight is 334 g/mol. The van der Waals surface area contributed by atoms with Gasteiger partial charge in [-0.05, 0) is 37.1 Å². The van der Waals surface area contributed by atoms with Crippen molar-refractivity contribution in [2.75, 3.05) is 0 Å². The van der Waals surface area contributed by atoms with Crippen molar-refractivity contribution in [3.63, 3.8) is 0 Å². The van der Waals surface area contributed by atoms with Crippen LogP contribution in [0.2, 0.25) is 0 Å². The van der Waals surface area contributed by atoms with Crippen LogP contribution in [0.25, 0.3) is 11.5 Å². The molecule has 0 amide bonds. The zero-order valence-electron chi connectivity index (χ0n) is 14.1. The molecule has 6 heteroatoms. The van der Waals surface area contributed by atoms with E-state index in [2.05, 4.69) is 10.1 Å². The molecule has 0 fully saturated rings. The van der Waals surface area contributed by atoms with Crippen LogP contribution in [-0.4, -0.2) is 19.3 Å². The zero-order chi connectivity index (χ0) is 17.4. The summed E-state index contributed by atoms with van der Waals surface area (Å²) in [6.07, 6.45) is 3.39. The number of allylic oxidation sites excluding steroid dienone is 1. The molecule has 25 heavy (non-hydrogen) atoms. The van der Waals surface area contributed by atoms with Gasteiger partial charge in [0, 0.05) is 31.3 Å². The molecule has 3 heterocycles. The maximum absolute atomic E-state index is 11.7. The maximum atomic E-state index is 11.7. The van der Waals surface area contributed by atoms with Crippen LogP contribution >= 0.6 is 0 Å². The molecule has 126 valence electrons. The third-order valence-electron chi connectivity index (χ3n) is 4.22. The summed E-state index contributed by atoms with van der Waals surface area (Å²) in [5.74, 6) is 2.98. The Morgan fingerprint density at radius 1 is 1.08 bits per heavy atom. The van der Waals surface area contributed by atoms with Crippen molar-refractivity contribution >= 4 is 11.5 Å². The molecule has 0 aliphatic carbocycles. The molecular formula is C19H18N4O2. The molecule has 1 aliphatic rings. The van der Waals surface area contributed by atoms with Gasteiger partial charge < -0.3 is 9.30 Å². The van der Waals surface area contributed by atoms with Gasteiger partial charge in [0.1, 0.15) is 17.4 Å². The lowest BCUT2D eigenvalue weighted by Gasteiger charge is -2.21. The van der Waals surface area contributed by atoms with Gasteiger partial charge in [-0.2, -0.15) is 4.68 Å². The normalized spacial score (nSPS) is 13.7. The number of ether oxygens (including phenoxy) is 1. The van der Waals surface area contributed by atoms with Gasteiger partial charge in [0.2, 0.25) is 11.4 Å². The summed E-state index contributed by atoms with van der Waals surface area (Å²) >= 11 is 0. The third-order valence-corrected chi connectivity index (χ3v) is 4.22. The number of benzene rings is 1. The molecule has 0 spiro atoms. The number of rotatable bonds is 3. The smallest absolute Gasteiger partial charge is 0.250 e. The Morgan fingerprint density at radius 3 is 2.64 bits per heavy atom. The fourth-order valence-electron chi connectivity index (χ4n) is 3.00. The summed E-state index contributed by atoms with van der Waals surface area (Å²) in [5.41, 5.74) is 1.92. The molecule has 0 saturated heterocycles. The first-order chi connectivity index (χ1) is 12.1.